The van der Waals surface area contributed by atoms with Gasteiger partial charge in [-0.3, -0.25) is 0 Å². The summed E-state index contributed by atoms with van der Waals surface area (Å²) < 4.78 is 5.22. The first kappa shape index (κ1) is 17.5. The third kappa shape index (κ3) is 3.80. The molecule has 2 aromatic carbocycles. The van der Waals surface area contributed by atoms with Crippen molar-refractivity contribution in [3.8, 4) is 5.75 Å². The van der Waals surface area contributed by atoms with Crippen molar-refractivity contribution in [1.82, 2.24) is 15.1 Å². The van der Waals surface area contributed by atoms with Crippen molar-refractivity contribution in [3.05, 3.63) is 54.1 Å². The van der Waals surface area contributed by atoms with Gasteiger partial charge in [0.15, 0.2) is 11.6 Å². The Hall–Kier alpha value is -2.86. The summed E-state index contributed by atoms with van der Waals surface area (Å²) >= 11 is 0. The van der Waals surface area contributed by atoms with E-state index < -0.39 is 0 Å². The molecule has 0 saturated carbocycles. The maximum atomic E-state index is 5.22. The molecule has 4 rings (SSSR count). The van der Waals surface area contributed by atoms with Crippen molar-refractivity contribution >= 4 is 22.4 Å². The van der Waals surface area contributed by atoms with Crippen LogP contribution in [0, 0.1) is 0 Å². The maximum Gasteiger partial charge on any atom is 0.159 e. The summed E-state index contributed by atoms with van der Waals surface area (Å²) in [4.78, 5) is 4.68. The number of anilines is 2. The number of fused-ring (bicyclic) bond motifs is 1. The van der Waals surface area contributed by atoms with Crippen LogP contribution in [-0.4, -0.2) is 55.4 Å². The van der Waals surface area contributed by atoms with Gasteiger partial charge in [0, 0.05) is 43.5 Å². The molecule has 1 aliphatic rings. The van der Waals surface area contributed by atoms with E-state index >= 15 is 0 Å². The van der Waals surface area contributed by atoms with E-state index in [0.717, 1.165) is 54.3 Å². The Balaban J connectivity index is 1.57. The summed E-state index contributed by atoms with van der Waals surface area (Å²) in [7, 11) is 3.84. The Kier molecular flexibility index (Phi) is 5.07. The second kappa shape index (κ2) is 7.80. The van der Waals surface area contributed by atoms with Gasteiger partial charge < -0.3 is 19.9 Å². The van der Waals surface area contributed by atoms with Gasteiger partial charge in [0.1, 0.15) is 5.75 Å². The molecule has 0 radical (unpaired) electrons. The Bertz CT molecular complexity index is 904. The standard InChI is InChI=1S/C21H25N5O/c1-25-11-13-26(14-12-25)21-19-6-4-3-5-18(19)20(23-24-21)22-15-16-7-9-17(27-2)10-8-16/h3-10H,11-15H2,1-2H3,(H,22,23). The molecule has 27 heavy (non-hydrogen) atoms. The zero-order chi connectivity index (χ0) is 18.6. The van der Waals surface area contributed by atoms with Crippen LogP contribution in [-0.2, 0) is 6.54 Å². The Morgan fingerprint density at radius 1 is 0.926 bits per heavy atom. The van der Waals surface area contributed by atoms with E-state index in [0.29, 0.717) is 6.54 Å². The highest BCUT2D eigenvalue weighted by atomic mass is 16.5. The van der Waals surface area contributed by atoms with Gasteiger partial charge in [0.05, 0.1) is 7.11 Å². The molecule has 0 atom stereocenters. The lowest BCUT2D eigenvalue weighted by atomic mass is 10.1. The molecular weight excluding hydrogens is 338 g/mol. The number of benzene rings is 2. The average Bonchev–Trinajstić information content (AvgIpc) is 2.73. The molecule has 0 aliphatic carbocycles. The van der Waals surface area contributed by atoms with Crippen molar-refractivity contribution in [2.75, 3.05) is 50.6 Å². The minimum atomic E-state index is 0.691. The van der Waals surface area contributed by atoms with Gasteiger partial charge in [-0.05, 0) is 24.7 Å². The van der Waals surface area contributed by atoms with E-state index in [1.807, 2.05) is 12.1 Å². The van der Waals surface area contributed by atoms with Gasteiger partial charge in [-0.15, -0.1) is 10.2 Å². The molecule has 1 aromatic heterocycles. The molecule has 1 N–H and O–H groups in total. The van der Waals surface area contributed by atoms with E-state index in [-0.39, 0.29) is 0 Å². The van der Waals surface area contributed by atoms with Crippen molar-refractivity contribution in [2.24, 2.45) is 0 Å². The third-order valence-corrected chi connectivity index (χ3v) is 5.09. The molecular formula is C21H25N5O. The fourth-order valence-electron chi connectivity index (χ4n) is 3.40. The average molecular weight is 363 g/mol. The smallest absolute Gasteiger partial charge is 0.159 e. The van der Waals surface area contributed by atoms with Crippen molar-refractivity contribution in [2.45, 2.75) is 6.54 Å². The molecule has 0 amide bonds. The number of likely N-dealkylation sites (N-methyl/N-ethyl adjacent to an activating group) is 1. The second-order valence-electron chi connectivity index (χ2n) is 6.91. The van der Waals surface area contributed by atoms with Crippen molar-refractivity contribution in [3.63, 3.8) is 0 Å². The summed E-state index contributed by atoms with van der Waals surface area (Å²) in [5.41, 5.74) is 1.17. The van der Waals surface area contributed by atoms with Crippen LogP contribution in [0.25, 0.3) is 10.8 Å². The molecule has 6 nitrogen and oxygen atoms in total. The van der Waals surface area contributed by atoms with Crippen LogP contribution >= 0.6 is 0 Å². The van der Waals surface area contributed by atoms with E-state index in [2.05, 4.69) is 68.8 Å². The molecule has 1 fully saturated rings. The zero-order valence-corrected chi connectivity index (χ0v) is 15.9. The van der Waals surface area contributed by atoms with E-state index in [1.165, 1.54) is 5.56 Å². The third-order valence-electron chi connectivity index (χ3n) is 5.09. The summed E-state index contributed by atoms with van der Waals surface area (Å²) in [6.45, 7) is 4.75. The summed E-state index contributed by atoms with van der Waals surface area (Å²) in [6.07, 6.45) is 0. The topological polar surface area (TPSA) is 53.5 Å². The first-order valence-corrected chi connectivity index (χ1v) is 9.30. The molecule has 0 unspecified atom stereocenters. The highest BCUT2D eigenvalue weighted by Gasteiger charge is 2.19. The van der Waals surface area contributed by atoms with Gasteiger partial charge >= 0.3 is 0 Å². The first-order chi connectivity index (χ1) is 13.2. The lowest BCUT2D eigenvalue weighted by molar-refractivity contribution is 0.312. The van der Waals surface area contributed by atoms with Crippen LogP contribution in [0.5, 0.6) is 5.75 Å². The molecule has 1 aliphatic heterocycles. The quantitative estimate of drug-likeness (QED) is 0.752. The minimum Gasteiger partial charge on any atom is -0.497 e. The summed E-state index contributed by atoms with van der Waals surface area (Å²) in [5, 5.41) is 14.8. The van der Waals surface area contributed by atoms with Crippen LogP contribution in [0.3, 0.4) is 0 Å². The van der Waals surface area contributed by atoms with Gasteiger partial charge in [-0.25, -0.2) is 0 Å². The fraction of sp³-hybridized carbons (Fsp3) is 0.333. The molecule has 0 bridgehead atoms. The molecule has 3 aromatic rings. The van der Waals surface area contributed by atoms with Crippen LogP contribution in [0.1, 0.15) is 5.56 Å². The predicted molar refractivity (Wildman–Crippen MR) is 110 cm³/mol. The Morgan fingerprint density at radius 3 is 2.33 bits per heavy atom. The van der Waals surface area contributed by atoms with E-state index in [4.69, 9.17) is 4.74 Å². The highest BCUT2D eigenvalue weighted by Crippen LogP contribution is 2.29. The van der Waals surface area contributed by atoms with E-state index in [9.17, 15) is 0 Å². The van der Waals surface area contributed by atoms with Crippen LogP contribution in [0.15, 0.2) is 48.5 Å². The maximum absolute atomic E-state index is 5.22. The van der Waals surface area contributed by atoms with Gasteiger partial charge in [0.2, 0.25) is 0 Å². The number of aromatic nitrogens is 2. The van der Waals surface area contributed by atoms with Crippen molar-refractivity contribution < 1.29 is 4.74 Å². The number of rotatable bonds is 5. The largest absolute Gasteiger partial charge is 0.497 e. The lowest BCUT2D eigenvalue weighted by Crippen LogP contribution is -2.45. The molecule has 0 spiro atoms. The Labute approximate surface area is 159 Å². The number of methoxy groups -OCH3 is 1. The number of nitrogens with zero attached hydrogens (tertiary/aromatic N) is 4. The molecule has 2 heterocycles. The first-order valence-electron chi connectivity index (χ1n) is 9.30. The molecule has 140 valence electrons. The monoisotopic (exact) mass is 363 g/mol. The Morgan fingerprint density at radius 2 is 1.63 bits per heavy atom. The lowest BCUT2D eigenvalue weighted by Gasteiger charge is -2.33. The van der Waals surface area contributed by atoms with Gasteiger partial charge in [-0.1, -0.05) is 36.4 Å². The van der Waals surface area contributed by atoms with Crippen LogP contribution in [0.4, 0.5) is 11.6 Å². The van der Waals surface area contributed by atoms with Gasteiger partial charge in [-0.2, -0.15) is 0 Å². The number of hydrogen-bond acceptors (Lipinski definition) is 6. The fourth-order valence-corrected chi connectivity index (χ4v) is 3.40. The minimum absolute atomic E-state index is 0.691. The van der Waals surface area contributed by atoms with Crippen LogP contribution < -0.4 is 15.0 Å². The van der Waals surface area contributed by atoms with Gasteiger partial charge in [0.25, 0.3) is 0 Å². The molecule has 1 saturated heterocycles. The van der Waals surface area contributed by atoms with E-state index in [1.54, 1.807) is 7.11 Å². The van der Waals surface area contributed by atoms with Crippen LogP contribution in [0.2, 0.25) is 0 Å². The summed E-state index contributed by atoms with van der Waals surface area (Å²) in [5.74, 6) is 2.66. The molecule has 6 heteroatoms. The number of piperazine rings is 1. The summed E-state index contributed by atoms with van der Waals surface area (Å²) in [6, 6.07) is 16.4. The number of ether oxygens (including phenoxy) is 1. The number of nitrogens with one attached hydrogen (secondary N) is 1. The normalized spacial score (nSPS) is 15.1. The predicted octanol–water partition coefficient (Wildman–Crippen LogP) is 3.00. The highest BCUT2D eigenvalue weighted by molar-refractivity contribution is 5.98. The number of hydrogen-bond donors (Lipinski definition) is 1. The second-order valence-corrected chi connectivity index (χ2v) is 6.91. The zero-order valence-electron chi connectivity index (χ0n) is 15.9. The SMILES string of the molecule is COc1ccc(CNc2nnc(N3CCN(C)CC3)c3ccccc23)cc1. The van der Waals surface area contributed by atoms with Crippen molar-refractivity contribution in [1.29, 1.82) is 0 Å².